The summed E-state index contributed by atoms with van der Waals surface area (Å²) in [7, 11) is 0. The summed E-state index contributed by atoms with van der Waals surface area (Å²) in [6.07, 6.45) is -3.25. The van der Waals surface area contributed by atoms with Crippen LogP contribution in [0.3, 0.4) is 0 Å². The molecule has 2 N–H and O–H groups in total. The van der Waals surface area contributed by atoms with E-state index >= 15 is 0 Å². The van der Waals surface area contributed by atoms with Gasteiger partial charge in [-0.05, 0) is 44.2 Å². The molecule has 0 aliphatic rings. The van der Waals surface area contributed by atoms with Crippen molar-refractivity contribution in [2.75, 3.05) is 5.32 Å². The van der Waals surface area contributed by atoms with E-state index in [1.807, 2.05) is 13.8 Å². The fourth-order valence-corrected chi connectivity index (χ4v) is 2.13. The molecule has 0 bridgehead atoms. The lowest BCUT2D eigenvalue weighted by atomic mass is 10.1. The number of pyridine rings is 1. The number of halogens is 4. The average molecular weight is 358 g/mol. The monoisotopic (exact) mass is 357 g/mol. The normalized spacial score (nSPS) is 11.5. The maximum atomic E-state index is 13.1. The van der Waals surface area contributed by atoms with Gasteiger partial charge in [-0.15, -0.1) is 0 Å². The van der Waals surface area contributed by atoms with Gasteiger partial charge in [-0.3, -0.25) is 4.79 Å². The molecule has 0 saturated heterocycles. The molecule has 1 amide bonds. The minimum atomic E-state index is -4.54. The number of hydrogen-bond donors (Lipinski definition) is 2. The molecule has 2 aromatic rings. The molecule has 4 nitrogen and oxygen atoms in total. The Morgan fingerprint density at radius 3 is 2.46 bits per heavy atom. The molecule has 2 rings (SSSR count). The molecule has 0 fully saturated rings. The number of alkyl halides is 3. The molecule has 1 aromatic heterocycles. The van der Waals surface area contributed by atoms with Crippen molar-refractivity contribution in [3.05, 3.63) is 52.8 Å². The fraction of sp³-hybridized carbons (Fsp3) is 0.250. The van der Waals surface area contributed by atoms with Gasteiger partial charge in [0.05, 0.1) is 23.1 Å². The minimum Gasteiger partial charge on any atom is -0.354 e. The predicted octanol–water partition coefficient (Wildman–Crippen LogP) is 4.64. The van der Waals surface area contributed by atoms with E-state index in [0.29, 0.717) is 5.69 Å². The lowest BCUT2D eigenvalue weighted by Crippen LogP contribution is -2.30. The summed E-state index contributed by atoms with van der Waals surface area (Å²) in [6, 6.07) is 6.32. The van der Waals surface area contributed by atoms with Gasteiger partial charge >= 0.3 is 6.18 Å². The SMILES string of the molecule is CC(C)NC(=O)c1ccc(Nc2ccc(Cl)cc2C(F)(F)F)cn1. The summed E-state index contributed by atoms with van der Waals surface area (Å²) in [4.78, 5) is 15.7. The smallest absolute Gasteiger partial charge is 0.354 e. The van der Waals surface area contributed by atoms with E-state index in [1.165, 1.54) is 30.5 Å². The first kappa shape index (κ1) is 18.1. The number of benzene rings is 1. The van der Waals surface area contributed by atoms with E-state index in [-0.39, 0.29) is 28.4 Å². The van der Waals surface area contributed by atoms with Crippen molar-refractivity contribution in [2.45, 2.75) is 26.1 Å². The predicted molar refractivity (Wildman–Crippen MR) is 86.6 cm³/mol. The van der Waals surface area contributed by atoms with E-state index in [4.69, 9.17) is 11.6 Å². The summed E-state index contributed by atoms with van der Waals surface area (Å²) in [5, 5.41) is 5.31. The molecule has 128 valence electrons. The number of anilines is 2. The third-order valence-electron chi connectivity index (χ3n) is 2.98. The number of hydrogen-bond acceptors (Lipinski definition) is 3. The number of nitrogens with zero attached hydrogens (tertiary/aromatic N) is 1. The molecule has 0 spiro atoms. The van der Waals surface area contributed by atoms with Crippen molar-refractivity contribution in [1.29, 1.82) is 0 Å². The largest absolute Gasteiger partial charge is 0.418 e. The zero-order valence-electron chi connectivity index (χ0n) is 12.9. The van der Waals surface area contributed by atoms with Crippen molar-refractivity contribution in [3.8, 4) is 0 Å². The summed E-state index contributed by atoms with van der Waals surface area (Å²) in [5.41, 5.74) is -0.518. The Balaban J connectivity index is 2.22. The number of carbonyl (C=O) groups excluding carboxylic acids is 1. The van der Waals surface area contributed by atoms with Gasteiger partial charge in [-0.25, -0.2) is 4.98 Å². The van der Waals surface area contributed by atoms with E-state index in [2.05, 4.69) is 15.6 Å². The maximum Gasteiger partial charge on any atom is 0.418 e. The summed E-state index contributed by atoms with van der Waals surface area (Å²) < 4.78 is 39.2. The minimum absolute atomic E-state index is 0.00768. The van der Waals surface area contributed by atoms with Crippen LogP contribution in [0.25, 0.3) is 0 Å². The Morgan fingerprint density at radius 1 is 1.21 bits per heavy atom. The first-order valence-corrected chi connectivity index (χ1v) is 7.45. The molecular formula is C16H15ClF3N3O. The van der Waals surface area contributed by atoms with Crippen molar-refractivity contribution in [3.63, 3.8) is 0 Å². The van der Waals surface area contributed by atoms with Gasteiger partial charge in [-0.2, -0.15) is 13.2 Å². The van der Waals surface area contributed by atoms with Gasteiger partial charge in [0.2, 0.25) is 0 Å². The number of nitrogens with one attached hydrogen (secondary N) is 2. The Kier molecular flexibility index (Phi) is 5.33. The van der Waals surface area contributed by atoms with Crippen LogP contribution in [0.15, 0.2) is 36.5 Å². The van der Waals surface area contributed by atoms with Gasteiger partial charge in [0.15, 0.2) is 0 Å². The average Bonchev–Trinajstić information content (AvgIpc) is 2.48. The zero-order chi connectivity index (χ0) is 17.9. The number of rotatable bonds is 4. The molecule has 0 aliphatic carbocycles. The van der Waals surface area contributed by atoms with E-state index in [0.717, 1.165) is 6.07 Å². The van der Waals surface area contributed by atoms with Gasteiger partial charge in [0, 0.05) is 11.1 Å². The van der Waals surface area contributed by atoms with Crippen LogP contribution < -0.4 is 10.6 Å². The van der Waals surface area contributed by atoms with E-state index in [1.54, 1.807) is 0 Å². The van der Waals surface area contributed by atoms with Crippen molar-refractivity contribution >= 4 is 28.9 Å². The Morgan fingerprint density at radius 2 is 1.92 bits per heavy atom. The van der Waals surface area contributed by atoms with Crippen molar-refractivity contribution < 1.29 is 18.0 Å². The highest BCUT2D eigenvalue weighted by Gasteiger charge is 2.33. The Labute approximate surface area is 142 Å². The molecule has 0 unspecified atom stereocenters. The summed E-state index contributed by atoms with van der Waals surface area (Å²) in [6.45, 7) is 3.63. The third-order valence-corrected chi connectivity index (χ3v) is 3.22. The lowest BCUT2D eigenvalue weighted by Gasteiger charge is -2.15. The van der Waals surface area contributed by atoms with Gasteiger partial charge in [0.25, 0.3) is 5.91 Å². The van der Waals surface area contributed by atoms with Gasteiger partial charge in [-0.1, -0.05) is 11.6 Å². The standard InChI is InChI=1S/C16H15ClF3N3O/c1-9(2)22-15(24)14-6-4-11(8-21-14)23-13-5-3-10(17)7-12(13)16(18,19)20/h3-9,23H,1-2H3,(H,22,24). The molecule has 1 heterocycles. The quantitative estimate of drug-likeness (QED) is 0.838. The summed E-state index contributed by atoms with van der Waals surface area (Å²) >= 11 is 5.64. The topological polar surface area (TPSA) is 54.0 Å². The summed E-state index contributed by atoms with van der Waals surface area (Å²) in [5.74, 6) is -0.348. The lowest BCUT2D eigenvalue weighted by molar-refractivity contribution is -0.136. The van der Waals surface area contributed by atoms with Gasteiger partial charge in [0.1, 0.15) is 5.69 Å². The molecular weight excluding hydrogens is 343 g/mol. The van der Waals surface area contributed by atoms with Crippen molar-refractivity contribution in [1.82, 2.24) is 10.3 Å². The second-order valence-corrected chi connectivity index (χ2v) is 5.81. The van der Waals surface area contributed by atoms with Gasteiger partial charge < -0.3 is 10.6 Å². The molecule has 0 atom stereocenters. The van der Waals surface area contributed by atoms with E-state index in [9.17, 15) is 18.0 Å². The van der Waals surface area contributed by atoms with Crippen LogP contribution in [0.4, 0.5) is 24.5 Å². The highest BCUT2D eigenvalue weighted by Crippen LogP contribution is 2.37. The number of carbonyl (C=O) groups is 1. The van der Waals surface area contributed by atoms with E-state index < -0.39 is 11.7 Å². The Bertz CT molecular complexity index is 730. The van der Waals surface area contributed by atoms with Crippen molar-refractivity contribution in [2.24, 2.45) is 0 Å². The van der Waals surface area contributed by atoms with Crippen LogP contribution in [0, 0.1) is 0 Å². The van der Waals surface area contributed by atoms with Crippen LogP contribution in [0.5, 0.6) is 0 Å². The highest BCUT2D eigenvalue weighted by atomic mass is 35.5. The second-order valence-electron chi connectivity index (χ2n) is 5.37. The fourth-order valence-electron chi connectivity index (χ4n) is 1.95. The molecule has 0 saturated carbocycles. The second kappa shape index (κ2) is 7.09. The molecule has 24 heavy (non-hydrogen) atoms. The number of aromatic nitrogens is 1. The van der Waals surface area contributed by atoms with Crippen LogP contribution in [-0.2, 0) is 6.18 Å². The third kappa shape index (κ3) is 4.61. The van der Waals surface area contributed by atoms with Crippen LogP contribution >= 0.6 is 11.6 Å². The zero-order valence-corrected chi connectivity index (χ0v) is 13.7. The van der Waals surface area contributed by atoms with Crippen LogP contribution in [0.2, 0.25) is 5.02 Å². The molecule has 0 aliphatic heterocycles. The number of amides is 1. The van der Waals surface area contributed by atoms with Crippen LogP contribution in [-0.4, -0.2) is 16.9 Å². The molecule has 0 radical (unpaired) electrons. The molecule has 8 heteroatoms. The Hall–Kier alpha value is -2.28. The van der Waals surface area contributed by atoms with Crippen LogP contribution in [0.1, 0.15) is 29.9 Å². The first-order chi connectivity index (χ1) is 11.2. The maximum absolute atomic E-state index is 13.1. The molecule has 1 aromatic carbocycles. The first-order valence-electron chi connectivity index (χ1n) is 7.07. The highest BCUT2D eigenvalue weighted by molar-refractivity contribution is 6.30.